The average molecular weight is 298 g/mol. The van der Waals surface area contributed by atoms with E-state index < -0.39 is 18.0 Å². The quantitative estimate of drug-likeness (QED) is 0.914. The maximum Gasteiger partial charge on any atom is 0.573 e. The topological polar surface area (TPSA) is 71.5 Å². The van der Waals surface area contributed by atoms with Crippen LogP contribution in [0.15, 0.2) is 42.6 Å². The third-order valence-electron chi connectivity index (χ3n) is 2.33. The Bertz CT molecular complexity index is 659. The number of anilines is 1. The van der Waals surface area contributed by atoms with Crippen LogP contribution in [-0.4, -0.2) is 22.4 Å². The van der Waals surface area contributed by atoms with E-state index in [1.54, 1.807) is 0 Å². The molecular weight excluding hydrogens is 289 g/mol. The monoisotopic (exact) mass is 298 g/mol. The highest BCUT2D eigenvalue weighted by Crippen LogP contribution is 2.25. The Balaban J connectivity index is 2.15. The molecule has 2 N–H and O–H groups in total. The molecule has 0 fully saturated rings. The normalized spacial score (nSPS) is 11.0. The average Bonchev–Trinajstić information content (AvgIpc) is 2.37. The van der Waals surface area contributed by atoms with Crippen molar-refractivity contribution in [3.05, 3.63) is 48.3 Å². The van der Waals surface area contributed by atoms with Crippen molar-refractivity contribution in [1.29, 1.82) is 0 Å². The molecule has 0 saturated heterocycles. The maximum absolute atomic E-state index is 12.1. The summed E-state index contributed by atoms with van der Waals surface area (Å²) in [6.45, 7) is 0. The number of rotatable bonds is 3. The van der Waals surface area contributed by atoms with E-state index in [1.807, 2.05) is 0 Å². The minimum Gasteiger partial charge on any atom is -0.505 e. The molecule has 5 nitrogen and oxygen atoms in total. The summed E-state index contributed by atoms with van der Waals surface area (Å²) in [5.74, 6) is -1.56. The predicted molar refractivity (Wildman–Crippen MR) is 67.0 cm³/mol. The third-order valence-corrected chi connectivity index (χ3v) is 2.33. The number of aromatic nitrogens is 1. The second-order valence-corrected chi connectivity index (χ2v) is 3.90. The summed E-state index contributed by atoms with van der Waals surface area (Å²) in [7, 11) is 0. The molecule has 1 aromatic heterocycles. The van der Waals surface area contributed by atoms with E-state index in [1.165, 1.54) is 30.5 Å². The predicted octanol–water partition coefficient (Wildman–Crippen LogP) is 2.94. The van der Waals surface area contributed by atoms with Crippen LogP contribution in [0.2, 0.25) is 0 Å². The Kier molecular flexibility index (Phi) is 3.97. The van der Waals surface area contributed by atoms with Gasteiger partial charge in [-0.05, 0) is 24.3 Å². The molecule has 8 heteroatoms. The molecule has 0 unspecified atom stereocenters. The molecule has 0 bridgehead atoms. The standard InChI is InChI=1S/C13H9F3N2O3/c14-13(15,16)21-9-4-1-3-8(7-9)18-12(20)11-10(19)5-2-6-17-11/h1-7,19H,(H,18,20). The van der Waals surface area contributed by atoms with E-state index >= 15 is 0 Å². The van der Waals surface area contributed by atoms with Gasteiger partial charge in [-0.1, -0.05) is 6.07 Å². The van der Waals surface area contributed by atoms with Gasteiger partial charge in [0.1, 0.15) is 11.5 Å². The number of nitrogens with zero attached hydrogens (tertiary/aromatic N) is 1. The van der Waals surface area contributed by atoms with Crippen LogP contribution >= 0.6 is 0 Å². The number of pyridine rings is 1. The zero-order valence-corrected chi connectivity index (χ0v) is 10.4. The molecule has 0 aliphatic rings. The molecule has 1 aromatic carbocycles. The van der Waals surface area contributed by atoms with Gasteiger partial charge in [-0.15, -0.1) is 13.2 Å². The lowest BCUT2D eigenvalue weighted by Crippen LogP contribution is -2.17. The van der Waals surface area contributed by atoms with Crippen LogP contribution in [0.1, 0.15) is 10.5 Å². The van der Waals surface area contributed by atoms with E-state index in [-0.39, 0.29) is 17.1 Å². The number of carbonyl (C=O) groups excluding carboxylic acids is 1. The first-order valence-electron chi connectivity index (χ1n) is 5.66. The summed E-state index contributed by atoms with van der Waals surface area (Å²) in [6, 6.07) is 7.47. The van der Waals surface area contributed by atoms with Crippen molar-refractivity contribution in [2.75, 3.05) is 5.32 Å². The zero-order chi connectivity index (χ0) is 15.5. The molecule has 0 aliphatic carbocycles. The van der Waals surface area contributed by atoms with Gasteiger partial charge in [-0.2, -0.15) is 0 Å². The molecule has 0 saturated carbocycles. The molecule has 0 aliphatic heterocycles. The van der Waals surface area contributed by atoms with Gasteiger partial charge in [0, 0.05) is 18.0 Å². The number of benzene rings is 1. The minimum absolute atomic E-state index is 0.0757. The lowest BCUT2D eigenvalue weighted by molar-refractivity contribution is -0.274. The highest BCUT2D eigenvalue weighted by Gasteiger charge is 2.31. The van der Waals surface area contributed by atoms with Crippen LogP contribution in [0, 0.1) is 0 Å². The van der Waals surface area contributed by atoms with Crippen molar-refractivity contribution in [2.24, 2.45) is 0 Å². The molecule has 0 radical (unpaired) electrons. The van der Waals surface area contributed by atoms with E-state index in [2.05, 4.69) is 15.0 Å². The molecular formula is C13H9F3N2O3. The molecule has 21 heavy (non-hydrogen) atoms. The second-order valence-electron chi connectivity index (χ2n) is 3.90. The Hall–Kier alpha value is -2.77. The summed E-state index contributed by atoms with van der Waals surface area (Å²) in [5.41, 5.74) is -0.161. The number of aromatic hydroxyl groups is 1. The summed E-state index contributed by atoms with van der Waals surface area (Å²) < 4.78 is 40.0. The van der Waals surface area contributed by atoms with Crippen molar-refractivity contribution in [2.45, 2.75) is 6.36 Å². The fourth-order valence-electron chi connectivity index (χ4n) is 1.53. The van der Waals surface area contributed by atoms with E-state index in [0.717, 1.165) is 12.1 Å². The smallest absolute Gasteiger partial charge is 0.505 e. The van der Waals surface area contributed by atoms with Gasteiger partial charge in [0.2, 0.25) is 0 Å². The molecule has 0 atom stereocenters. The molecule has 110 valence electrons. The van der Waals surface area contributed by atoms with Gasteiger partial charge in [0.05, 0.1) is 0 Å². The van der Waals surface area contributed by atoms with Crippen molar-refractivity contribution in [1.82, 2.24) is 4.98 Å². The summed E-state index contributed by atoms with van der Waals surface area (Å²) in [4.78, 5) is 15.5. The van der Waals surface area contributed by atoms with Crippen molar-refractivity contribution >= 4 is 11.6 Å². The lowest BCUT2D eigenvalue weighted by atomic mass is 10.2. The van der Waals surface area contributed by atoms with E-state index in [9.17, 15) is 23.1 Å². The van der Waals surface area contributed by atoms with Gasteiger partial charge in [0.15, 0.2) is 5.69 Å². The van der Waals surface area contributed by atoms with Crippen molar-refractivity contribution in [3.8, 4) is 11.5 Å². The number of halogens is 3. The van der Waals surface area contributed by atoms with Gasteiger partial charge in [-0.25, -0.2) is 4.98 Å². The summed E-state index contributed by atoms with van der Waals surface area (Å²) in [6.07, 6.45) is -3.51. The summed E-state index contributed by atoms with van der Waals surface area (Å²) >= 11 is 0. The SMILES string of the molecule is O=C(Nc1cccc(OC(F)(F)F)c1)c1ncccc1O. The van der Waals surface area contributed by atoms with Gasteiger partial charge >= 0.3 is 6.36 Å². The molecule has 1 heterocycles. The first-order chi connectivity index (χ1) is 9.85. The molecule has 2 rings (SSSR count). The first kappa shape index (κ1) is 14.6. The number of carbonyl (C=O) groups is 1. The molecule has 1 amide bonds. The first-order valence-corrected chi connectivity index (χ1v) is 5.66. The van der Waals surface area contributed by atoms with Crippen LogP contribution in [-0.2, 0) is 0 Å². The third kappa shape index (κ3) is 4.10. The van der Waals surface area contributed by atoms with E-state index in [4.69, 9.17) is 0 Å². The van der Waals surface area contributed by atoms with Crippen LogP contribution in [0.3, 0.4) is 0 Å². The van der Waals surface area contributed by atoms with Gasteiger partial charge in [-0.3, -0.25) is 4.79 Å². The van der Waals surface area contributed by atoms with Crippen LogP contribution in [0.25, 0.3) is 0 Å². The number of hydrogen-bond acceptors (Lipinski definition) is 4. The lowest BCUT2D eigenvalue weighted by Gasteiger charge is -2.10. The highest BCUT2D eigenvalue weighted by atomic mass is 19.4. The summed E-state index contributed by atoms with van der Waals surface area (Å²) in [5, 5.41) is 11.8. The maximum atomic E-state index is 12.1. The zero-order valence-electron chi connectivity index (χ0n) is 10.4. The van der Waals surface area contributed by atoms with Crippen molar-refractivity contribution < 1.29 is 27.8 Å². The largest absolute Gasteiger partial charge is 0.573 e. The number of amides is 1. The second kappa shape index (κ2) is 5.70. The number of ether oxygens (including phenoxy) is 1. The fraction of sp³-hybridized carbons (Fsp3) is 0.0769. The van der Waals surface area contributed by atoms with Crippen LogP contribution in [0.5, 0.6) is 11.5 Å². The van der Waals surface area contributed by atoms with Crippen LogP contribution in [0.4, 0.5) is 18.9 Å². The Labute approximate surface area is 117 Å². The van der Waals surface area contributed by atoms with Crippen molar-refractivity contribution in [3.63, 3.8) is 0 Å². The van der Waals surface area contributed by atoms with Gasteiger partial charge in [0.25, 0.3) is 5.91 Å². The highest BCUT2D eigenvalue weighted by molar-refractivity contribution is 6.04. The Morgan fingerprint density at radius 1 is 1.24 bits per heavy atom. The van der Waals surface area contributed by atoms with Gasteiger partial charge < -0.3 is 15.2 Å². The number of hydrogen-bond donors (Lipinski definition) is 2. The van der Waals surface area contributed by atoms with E-state index in [0.29, 0.717) is 0 Å². The Morgan fingerprint density at radius 2 is 2.00 bits per heavy atom. The van der Waals surface area contributed by atoms with Crippen LogP contribution < -0.4 is 10.1 Å². The molecule has 0 spiro atoms. The number of alkyl halides is 3. The fourth-order valence-corrected chi connectivity index (χ4v) is 1.53. The molecule has 2 aromatic rings. The Morgan fingerprint density at radius 3 is 2.67 bits per heavy atom. The minimum atomic E-state index is -4.82. The number of nitrogens with one attached hydrogen (secondary N) is 1.